The summed E-state index contributed by atoms with van der Waals surface area (Å²) >= 11 is 3.40. The van der Waals surface area contributed by atoms with Crippen molar-refractivity contribution >= 4 is 21.8 Å². The number of carbonyl (C=O) groups excluding carboxylic acids is 1. The molecule has 0 bridgehead atoms. The van der Waals surface area contributed by atoms with Gasteiger partial charge in [0.1, 0.15) is 5.75 Å². The SMILES string of the molecule is CC(C)(CBr)CNC(=O)c1ccc(O)cc1. The number of halogens is 1. The molecule has 1 rings (SSSR count). The van der Waals surface area contributed by atoms with E-state index in [4.69, 9.17) is 5.11 Å². The van der Waals surface area contributed by atoms with Crippen molar-refractivity contribution in [1.29, 1.82) is 0 Å². The molecule has 0 atom stereocenters. The van der Waals surface area contributed by atoms with E-state index < -0.39 is 0 Å². The minimum atomic E-state index is -0.117. The summed E-state index contributed by atoms with van der Waals surface area (Å²) < 4.78 is 0. The van der Waals surface area contributed by atoms with Gasteiger partial charge in [-0.15, -0.1) is 0 Å². The van der Waals surface area contributed by atoms with Gasteiger partial charge in [0.25, 0.3) is 5.91 Å². The minimum Gasteiger partial charge on any atom is -0.508 e. The van der Waals surface area contributed by atoms with E-state index in [-0.39, 0.29) is 17.1 Å². The van der Waals surface area contributed by atoms with E-state index in [0.717, 1.165) is 5.33 Å². The van der Waals surface area contributed by atoms with Gasteiger partial charge in [-0.1, -0.05) is 29.8 Å². The highest BCUT2D eigenvalue weighted by atomic mass is 79.9. The van der Waals surface area contributed by atoms with E-state index in [1.54, 1.807) is 12.1 Å². The molecule has 0 fully saturated rings. The molecule has 0 aliphatic heterocycles. The summed E-state index contributed by atoms with van der Waals surface area (Å²) in [7, 11) is 0. The van der Waals surface area contributed by atoms with E-state index in [2.05, 4.69) is 35.1 Å². The molecule has 0 aliphatic rings. The highest BCUT2D eigenvalue weighted by molar-refractivity contribution is 9.09. The lowest BCUT2D eigenvalue weighted by atomic mass is 9.97. The van der Waals surface area contributed by atoms with Crippen LogP contribution in [0, 0.1) is 5.41 Å². The van der Waals surface area contributed by atoms with E-state index in [9.17, 15) is 4.79 Å². The second-order valence-corrected chi connectivity index (χ2v) is 5.09. The smallest absolute Gasteiger partial charge is 0.251 e. The van der Waals surface area contributed by atoms with Crippen molar-refractivity contribution in [1.82, 2.24) is 5.32 Å². The summed E-state index contributed by atoms with van der Waals surface area (Å²) in [4.78, 5) is 11.7. The number of hydrogen-bond acceptors (Lipinski definition) is 2. The van der Waals surface area contributed by atoms with Crippen LogP contribution in [0.4, 0.5) is 0 Å². The number of carbonyl (C=O) groups is 1. The van der Waals surface area contributed by atoms with Gasteiger partial charge in [0, 0.05) is 17.4 Å². The maximum absolute atomic E-state index is 11.7. The molecular formula is C12H16BrNO2. The normalized spacial score (nSPS) is 11.2. The van der Waals surface area contributed by atoms with E-state index in [0.29, 0.717) is 12.1 Å². The van der Waals surface area contributed by atoms with Crippen molar-refractivity contribution in [2.75, 3.05) is 11.9 Å². The Hall–Kier alpha value is -1.03. The number of phenolic OH excluding ortho intramolecular Hbond substituents is 1. The monoisotopic (exact) mass is 285 g/mol. The molecule has 4 heteroatoms. The third-order valence-electron chi connectivity index (χ3n) is 2.22. The van der Waals surface area contributed by atoms with Gasteiger partial charge in [0.15, 0.2) is 0 Å². The van der Waals surface area contributed by atoms with Crippen LogP contribution in [0.5, 0.6) is 5.75 Å². The Balaban J connectivity index is 2.56. The zero-order valence-electron chi connectivity index (χ0n) is 9.46. The zero-order chi connectivity index (χ0) is 12.2. The van der Waals surface area contributed by atoms with Crippen LogP contribution in [-0.4, -0.2) is 22.9 Å². The highest BCUT2D eigenvalue weighted by Gasteiger charge is 2.17. The molecular weight excluding hydrogens is 270 g/mol. The number of nitrogens with one attached hydrogen (secondary N) is 1. The van der Waals surface area contributed by atoms with Crippen LogP contribution in [0.1, 0.15) is 24.2 Å². The predicted molar refractivity (Wildman–Crippen MR) is 68.0 cm³/mol. The maximum Gasteiger partial charge on any atom is 0.251 e. The average Bonchev–Trinajstić information content (AvgIpc) is 2.27. The molecule has 0 radical (unpaired) electrons. The molecule has 1 aromatic carbocycles. The van der Waals surface area contributed by atoms with Crippen molar-refractivity contribution in [2.24, 2.45) is 5.41 Å². The van der Waals surface area contributed by atoms with Crippen molar-refractivity contribution in [3.05, 3.63) is 29.8 Å². The van der Waals surface area contributed by atoms with E-state index in [1.165, 1.54) is 12.1 Å². The first-order chi connectivity index (χ1) is 7.44. The predicted octanol–water partition coefficient (Wildman–Crippen LogP) is 2.54. The molecule has 3 nitrogen and oxygen atoms in total. The topological polar surface area (TPSA) is 49.3 Å². The second-order valence-electron chi connectivity index (χ2n) is 4.53. The fourth-order valence-corrected chi connectivity index (χ4v) is 1.28. The van der Waals surface area contributed by atoms with Gasteiger partial charge in [0.05, 0.1) is 0 Å². The van der Waals surface area contributed by atoms with Gasteiger partial charge < -0.3 is 10.4 Å². The molecule has 2 N–H and O–H groups in total. The van der Waals surface area contributed by atoms with Gasteiger partial charge in [-0.3, -0.25) is 4.79 Å². The number of hydrogen-bond donors (Lipinski definition) is 2. The number of aromatic hydroxyl groups is 1. The molecule has 0 saturated carbocycles. The van der Waals surface area contributed by atoms with Gasteiger partial charge in [0.2, 0.25) is 0 Å². The van der Waals surface area contributed by atoms with Crippen LogP contribution in [0.3, 0.4) is 0 Å². The fraction of sp³-hybridized carbons (Fsp3) is 0.417. The quantitative estimate of drug-likeness (QED) is 0.836. The summed E-state index contributed by atoms with van der Waals surface area (Å²) in [6.07, 6.45) is 0. The van der Waals surface area contributed by atoms with Gasteiger partial charge >= 0.3 is 0 Å². The molecule has 0 aliphatic carbocycles. The van der Waals surface area contributed by atoms with Crippen molar-refractivity contribution in [3.8, 4) is 5.75 Å². The zero-order valence-corrected chi connectivity index (χ0v) is 11.0. The molecule has 0 unspecified atom stereocenters. The number of benzene rings is 1. The van der Waals surface area contributed by atoms with Crippen molar-refractivity contribution < 1.29 is 9.90 Å². The number of phenols is 1. The molecule has 88 valence electrons. The third-order valence-corrected chi connectivity index (χ3v) is 3.74. The van der Waals surface area contributed by atoms with E-state index >= 15 is 0 Å². The summed E-state index contributed by atoms with van der Waals surface area (Å²) in [5.41, 5.74) is 0.593. The Kier molecular flexibility index (Phi) is 4.35. The summed E-state index contributed by atoms with van der Waals surface area (Å²) in [5.74, 6) is 0.0476. The van der Waals surface area contributed by atoms with Gasteiger partial charge in [-0.25, -0.2) is 0 Å². The van der Waals surface area contributed by atoms with Gasteiger partial charge in [-0.2, -0.15) is 0 Å². The van der Waals surface area contributed by atoms with Crippen LogP contribution in [0.15, 0.2) is 24.3 Å². The standard InChI is InChI=1S/C12H16BrNO2/c1-12(2,7-13)8-14-11(16)9-3-5-10(15)6-4-9/h3-6,15H,7-8H2,1-2H3,(H,14,16). The Morgan fingerprint density at radius 1 is 1.38 bits per heavy atom. The Morgan fingerprint density at radius 2 is 1.94 bits per heavy atom. The fourth-order valence-electron chi connectivity index (χ4n) is 1.08. The van der Waals surface area contributed by atoms with E-state index in [1.807, 2.05) is 0 Å². The number of amides is 1. The lowest BCUT2D eigenvalue weighted by molar-refractivity contribution is 0.0940. The molecule has 0 heterocycles. The first kappa shape index (κ1) is 13.0. The minimum absolute atomic E-state index is 0.0343. The van der Waals surface area contributed by atoms with Crippen LogP contribution in [0.25, 0.3) is 0 Å². The van der Waals surface area contributed by atoms with Crippen molar-refractivity contribution in [3.63, 3.8) is 0 Å². The average molecular weight is 286 g/mol. The molecule has 0 aromatic heterocycles. The summed E-state index contributed by atoms with van der Waals surface area (Å²) in [5, 5.41) is 12.8. The first-order valence-electron chi connectivity index (χ1n) is 5.08. The summed E-state index contributed by atoms with van der Waals surface area (Å²) in [6.45, 7) is 4.75. The Bertz CT molecular complexity index is 360. The Labute approximate surface area is 104 Å². The van der Waals surface area contributed by atoms with Crippen molar-refractivity contribution in [2.45, 2.75) is 13.8 Å². The van der Waals surface area contributed by atoms with Gasteiger partial charge in [-0.05, 0) is 29.7 Å². The highest BCUT2D eigenvalue weighted by Crippen LogP contribution is 2.16. The number of alkyl halides is 1. The third kappa shape index (κ3) is 3.85. The van der Waals surface area contributed by atoms with Crippen LogP contribution in [-0.2, 0) is 0 Å². The molecule has 1 amide bonds. The maximum atomic E-state index is 11.7. The van der Waals surface area contributed by atoms with Crippen LogP contribution in [0.2, 0.25) is 0 Å². The summed E-state index contributed by atoms with van der Waals surface area (Å²) in [6, 6.07) is 6.21. The van der Waals surface area contributed by atoms with Crippen LogP contribution < -0.4 is 5.32 Å². The first-order valence-corrected chi connectivity index (χ1v) is 6.20. The molecule has 16 heavy (non-hydrogen) atoms. The molecule has 0 saturated heterocycles. The largest absolute Gasteiger partial charge is 0.508 e. The Morgan fingerprint density at radius 3 is 2.44 bits per heavy atom. The molecule has 0 spiro atoms. The lowest BCUT2D eigenvalue weighted by Gasteiger charge is -2.21. The molecule has 1 aromatic rings. The second kappa shape index (κ2) is 5.34. The van der Waals surface area contributed by atoms with Crippen LogP contribution >= 0.6 is 15.9 Å². The number of rotatable bonds is 4. The lowest BCUT2D eigenvalue weighted by Crippen LogP contribution is -2.34.